The van der Waals surface area contributed by atoms with Crippen molar-refractivity contribution >= 4 is 0 Å². The van der Waals surface area contributed by atoms with Gasteiger partial charge in [0.05, 0.1) is 13.2 Å². The van der Waals surface area contributed by atoms with Crippen LogP contribution in [0, 0.1) is 0 Å². The van der Waals surface area contributed by atoms with Gasteiger partial charge in [-0.25, -0.2) is 0 Å². The van der Waals surface area contributed by atoms with Gasteiger partial charge in [-0.2, -0.15) is 13.2 Å². The lowest BCUT2D eigenvalue weighted by atomic mass is 10.2. The average molecular weight is 247 g/mol. The third-order valence-corrected chi connectivity index (χ3v) is 2.03. The normalized spacial score (nSPS) is 11.5. The number of hydrogen-bond acceptors (Lipinski definition) is 2. The predicted octanol–water partition coefficient (Wildman–Crippen LogP) is 3.13. The van der Waals surface area contributed by atoms with E-state index >= 15 is 0 Å². The van der Waals surface area contributed by atoms with Crippen LogP contribution in [-0.4, -0.2) is 19.3 Å². The molecule has 1 N–H and O–H groups in total. The van der Waals surface area contributed by atoms with Crippen LogP contribution in [-0.2, 0) is 6.54 Å². The molecule has 0 unspecified atom stereocenters. The minimum atomic E-state index is -4.17. The fourth-order valence-electron chi connectivity index (χ4n) is 1.31. The molecule has 1 rings (SSSR count). The van der Waals surface area contributed by atoms with Crippen LogP contribution in [0.3, 0.4) is 0 Å². The van der Waals surface area contributed by atoms with E-state index in [0.717, 1.165) is 12.0 Å². The van der Waals surface area contributed by atoms with Crippen LogP contribution < -0.4 is 10.1 Å². The van der Waals surface area contributed by atoms with Crippen LogP contribution >= 0.6 is 0 Å². The largest absolute Gasteiger partial charge is 0.494 e. The van der Waals surface area contributed by atoms with Crippen molar-refractivity contribution in [3.05, 3.63) is 29.8 Å². The molecule has 0 aliphatic carbocycles. The standard InChI is InChI=1S/C12H16F3NO/c1-2-6-17-11-5-3-4-10(7-11)8-16-9-12(13,14)15/h3-5,7,16H,2,6,8-9H2,1H3. The highest BCUT2D eigenvalue weighted by molar-refractivity contribution is 5.28. The molecule has 0 heterocycles. The average Bonchev–Trinajstić information content (AvgIpc) is 2.25. The zero-order valence-electron chi connectivity index (χ0n) is 9.68. The van der Waals surface area contributed by atoms with E-state index in [0.29, 0.717) is 12.4 Å². The molecule has 0 atom stereocenters. The predicted molar refractivity (Wildman–Crippen MR) is 60.0 cm³/mol. The van der Waals surface area contributed by atoms with E-state index in [4.69, 9.17) is 4.74 Å². The summed E-state index contributed by atoms with van der Waals surface area (Å²) in [6, 6.07) is 7.08. The number of ether oxygens (including phenoxy) is 1. The first kappa shape index (κ1) is 13.8. The van der Waals surface area contributed by atoms with Crippen molar-refractivity contribution in [3.63, 3.8) is 0 Å². The molecule has 0 saturated carbocycles. The van der Waals surface area contributed by atoms with Gasteiger partial charge in [-0.1, -0.05) is 19.1 Å². The molecule has 5 heteroatoms. The van der Waals surface area contributed by atoms with E-state index in [2.05, 4.69) is 5.32 Å². The van der Waals surface area contributed by atoms with E-state index in [9.17, 15) is 13.2 Å². The minimum absolute atomic E-state index is 0.183. The van der Waals surface area contributed by atoms with Crippen LogP contribution in [0.25, 0.3) is 0 Å². The summed E-state index contributed by atoms with van der Waals surface area (Å²) in [6.45, 7) is 1.81. The molecule has 0 saturated heterocycles. The van der Waals surface area contributed by atoms with Crippen molar-refractivity contribution in [1.82, 2.24) is 5.32 Å². The number of rotatable bonds is 6. The number of alkyl halides is 3. The van der Waals surface area contributed by atoms with Gasteiger partial charge in [0.25, 0.3) is 0 Å². The highest BCUT2D eigenvalue weighted by Gasteiger charge is 2.25. The Morgan fingerprint density at radius 1 is 1.29 bits per heavy atom. The highest BCUT2D eigenvalue weighted by atomic mass is 19.4. The molecule has 2 nitrogen and oxygen atoms in total. The number of benzene rings is 1. The molecule has 1 aromatic carbocycles. The lowest BCUT2D eigenvalue weighted by molar-refractivity contribution is -0.125. The molecule has 0 aliphatic rings. The van der Waals surface area contributed by atoms with E-state index in [-0.39, 0.29) is 6.54 Å². The third kappa shape index (κ3) is 6.16. The van der Waals surface area contributed by atoms with E-state index in [1.807, 2.05) is 6.92 Å². The Hall–Kier alpha value is -1.23. The van der Waals surface area contributed by atoms with Gasteiger partial charge in [-0.3, -0.25) is 0 Å². The molecule has 0 spiro atoms. The van der Waals surface area contributed by atoms with Crippen LogP contribution in [0.5, 0.6) is 5.75 Å². The first-order chi connectivity index (χ1) is 8.01. The Balaban J connectivity index is 2.43. The maximum absolute atomic E-state index is 11.9. The number of nitrogens with one attached hydrogen (secondary N) is 1. The van der Waals surface area contributed by atoms with Gasteiger partial charge in [0.2, 0.25) is 0 Å². The quantitative estimate of drug-likeness (QED) is 0.833. The van der Waals surface area contributed by atoms with Gasteiger partial charge in [-0.05, 0) is 24.1 Å². The number of halogens is 3. The van der Waals surface area contributed by atoms with Gasteiger partial charge < -0.3 is 10.1 Å². The van der Waals surface area contributed by atoms with Gasteiger partial charge in [0, 0.05) is 6.54 Å². The molecule has 0 aromatic heterocycles. The maximum atomic E-state index is 11.9. The number of hydrogen-bond donors (Lipinski definition) is 1. The fourth-order valence-corrected chi connectivity index (χ4v) is 1.31. The Morgan fingerprint density at radius 3 is 2.71 bits per heavy atom. The van der Waals surface area contributed by atoms with E-state index in [1.165, 1.54) is 0 Å². The van der Waals surface area contributed by atoms with Crippen LogP contribution in [0.4, 0.5) is 13.2 Å². The highest BCUT2D eigenvalue weighted by Crippen LogP contribution is 2.15. The second kappa shape index (κ2) is 6.49. The third-order valence-electron chi connectivity index (χ3n) is 2.03. The van der Waals surface area contributed by atoms with Crippen LogP contribution in [0.1, 0.15) is 18.9 Å². The maximum Gasteiger partial charge on any atom is 0.401 e. The SMILES string of the molecule is CCCOc1cccc(CNCC(F)(F)F)c1. The second-order valence-corrected chi connectivity index (χ2v) is 3.71. The second-order valence-electron chi connectivity index (χ2n) is 3.71. The van der Waals surface area contributed by atoms with Crippen LogP contribution in [0.2, 0.25) is 0 Å². The van der Waals surface area contributed by atoms with Gasteiger partial charge >= 0.3 is 6.18 Å². The summed E-state index contributed by atoms with van der Waals surface area (Å²) < 4.78 is 41.1. The Labute approximate surface area is 98.8 Å². The van der Waals surface area contributed by atoms with Crippen molar-refractivity contribution < 1.29 is 17.9 Å². The summed E-state index contributed by atoms with van der Waals surface area (Å²) in [5.41, 5.74) is 0.780. The monoisotopic (exact) mass is 247 g/mol. The smallest absolute Gasteiger partial charge is 0.401 e. The molecule has 17 heavy (non-hydrogen) atoms. The van der Waals surface area contributed by atoms with Crippen molar-refractivity contribution in [2.45, 2.75) is 26.1 Å². The summed E-state index contributed by atoms with van der Waals surface area (Å²) in [6.07, 6.45) is -3.27. The van der Waals surface area contributed by atoms with E-state index < -0.39 is 12.7 Å². The summed E-state index contributed by atoms with van der Waals surface area (Å²) in [5, 5.41) is 2.34. The van der Waals surface area contributed by atoms with Crippen molar-refractivity contribution in [2.75, 3.05) is 13.2 Å². The Kier molecular flexibility index (Phi) is 5.28. The molecule has 0 bridgehead atoms. The zero-order valence-corrected chi connectivity index (χ0v) is 9.68. The van der Waals surface area contributed by atoms with Crippen molar-refractivity contribution in [2.24, 2.45) is 0 Å². The van der Waals surface area contributed by atoms with Crippen LogP contribution in [0.15, 0.2) is 24.3 Å². The summed E-state index contributed by atoms with van der Waals surface area (Å²) >= 11 is 0. The topological polar surface area (TPSA) is 21.3 Å². The first-order valence-corrected chi connectivity index (χ1v) is 5.50. The molecule has 0 radical (unpaired) electrons. The molecule has 0 fully saturated rings. The van der Waals surface area contributed by atoms with Crippen molar-refractivity contribution in [1.29, 1.82) is 0 Å². The summed E-state index contributed by atoms with van der Waals surface area (Å²) in [5.74, 6) is 0.693. The van der Waals surface area contributed by atoms with Crippen molar-refractivity contribution in [3.8, 4) is 5.75 Å². The summed E-state index contributed by atoms with van der Waals surface area (Å²) in [4.78, 5) is 0. The molecule has 1 aromatic rings. The molecule has 0 aliphatic heterocycles. The first-order valence-electron chi connectivity index (χ1n) is 5.50. The summed E-state index contributed by atoms with van der Waals surface area (Å²) in [7, 11) is 0. The lowest BCUT2D eigenvalue weighted by Crippen LogP contribution is -2.28. The molecular formula is C12H16F3NO. The van der Waals surface area contributed by atoms with Gasteiger partial charge in [0.15, 0.2) is 0 Å². The van der Waals surface area contributed by atoms with E-state index in [1.54, 1.807) is 24.3 Å². The van der Waals surface area contributed by atoms with Gasteiger partial charge in [-0.15, -0.1) is 0 Å². The zero-order chi connectivity index (χ0) is 12.7. The molecule has 0 amide bonds. The molecule has 96 valence electrons. The Bertz CT molecular complexity index is 339. The lowest BCUT2D eigenvalue weighted by Gasteiger charge is -2.09. The fraction of sp³-hybridized carbons (Fsp3) is 0.500. The molecular weight excluding hydrogens is 231 g/mol. The van der Waals surface area contributed by atoms with Gasteiger partial charge in [0.1, 0.15) is 5.75 Å². The Morgan fingerprint density at radius 2 is 2.06 bits per heavy atom. The minimum Gasteiger partial charge on any atom is -0.494 e.